The number of nitrogens with zero attached hydrogens (tertiary/aromatic N) is 3. The van der Waals surface area contributed by atoms with E-state index in [1.165, 1.54) is 4.90 Å². The smallest absolute Gasteiger partial charge is 0.332 e. The van der Waals surface area contributed by atoms with Crippen LogP contribution < -0.4 is 4.90 Å². The average molecular weight is 361 g/mol. The van der Waals surface area contributed by atoms with Crippen molar-refractivity contribution in [3.63, 3.8) is 0 Å². The zero-order chi connectivity index (χ0) is 18.3. The van der Waals surface area contributed by atoms with Crippen molar-refractivity contribution in [2.75, 3.05) is 11.4 Å². The lowest BCUT2D eigenvalue weighted by molar-refractivity contribution is -0.136. The van der Waals surface area contributed by atoms with Gasteiger partial charge in [0.15, 0.2) is 0 Å². The third-order valence-electron chi connectivity index (χ3n) is 6.48. The molecule has 2 aromatic carbocycles. The number of imide groups is 1. The zero-order valence-corrected chi connectivity index (χ0v) is 14.7. The molecule has 3 atom stereocenters. The number of anilines is 1. The highest BCUT2D eigenvalue weighted by molar-refractivity contribution is 6.25. The van der Waals surface area contributed by atoms with Crippen molar-refractivity contribution in [1.82, 2.24) is 9.80 Å². The van der Waals surface area contributed by atoms with Crippen molar-refractivity contribution in [2.24, 2.45) is 5.92 Å². The molecule has 0 radical (unpaired) electrons. The number of hydrogen-bond acceptors (Lipinski definition) is 3. The van der Waals surface area contributed by atoms with E-state index < -0.39 is 6.04 Å². The lowest BCUT2D eigenvalue weighted by Gasteiger charge is -2.35. The fourth-order valence-electron chi connectivity index (χ4n) is 5.10. The molecule has 3 saturated heterocycles. The summed E-state index contributed by atoms with van der Waals surface area (Å²) in [6.07, 6.45) is 2.64. The number of likely N-dealkylation sites (tertiary alicyclic amines) is 1. The van der Waals surface area contributed by atoms with E-state index in [1.54, 1.807) is 4.90 Å². The molecule has 27 heavy (non-hydrogen) atoms. The Bertz CT molecular complexity index is 1010. The van der Waals surface area contributed by atoms with Crippen LogP contribution >= 0.6 is 0 Å². The number of carbonyl (C=O) groups excluding carboxylic acids is 3. The summed E-state index contributed by atoms with van der Waals surface area (Å²) in [5.74, 6) is 0.113. The molecule has 4 aliphatic rings. The van der Waals surface area contributed by atoms with Gasteiger partial charge < -0.3 is 9.80 Å². The highest BCUT2D eigenvalue weighted by Crippen LogP contribution is 2.45. The van der Waals surface area contributed by atoms with E-state index in [0.29, 0.717) is 12.2 Å². The fraction of sp³-hybridized carbons (Fsp3) is 0.381. The summed E-state index contributed by atoms with van der Waals surface area (Å²) < 4.78 is 0. The highest BCUT2D eigenvalue weighted by atomic mass is 16.2. The number of hydrogen-bond donors (Lipinski definition) is 0. The van der Waals surface area contributed by atoms with E-state index in [4.69, 9.17) is 0 Å². The standard InChI is InChI=1S/C21H19N3O3/c25-19(13-8-9-13)22-11-14-10-17(22)18-20(26)24(21(27)23(14)18)16-7-3-5-12-4-1-2-6-15(12)16/h1-7,13-14,17-18H,8-11H2/t14-,17?,18?/m1/s1. The van der Waals surface area contributed by atoms with E-state index in [9.17, 15) is 14.4 Å². The van der Waals surface area contributed by atoms with E-state index in [0.717, 1.165) is 30.0 Å². The second kappa shape index (κ2) is 5.09. The maximum Gasteiger partial charge on any atom is 0.332 e. The highest BCUT2D eigenvalue weighted by Gasteiger charge is 2.63. The molecule has 4 amide bonds. The third-order valence-corrected chi connectivity index (χ3v) is 6.48. The van der Waals surface area contributed by atoms with Gasteiger partial charge in [-0.05, 0) is 30.7 Å². The van der Waals surface area contributed by atoms with Crippen molar-refractivity contribution in [3.05, 3.63) is 42.5 Å². The quantitative estimate of drug-likeness (QED) is 0.772. The summed E-state index contributed by atoms with van der Waals surface area (Å²) in [6, 6.07) is 12.5. The number of rotatable bonds is 2. The molecule has 0 spiro atoms. The molecular weight excluding hydrogens is 342 g/mol. The summed E-state index contributed by atoms with van der Waals surface area (Å²) in [6.45, 7) is 0.568. The Morgan fingerprint density at radius 2 is 1.78 bits per heavy atom. The molecule has 0 N–H and O–H groups in total. The zero-order valence-electron chi connectivity index (χ0n) is 14.7. The van der Waals surface area contributed by atoms with Gasteiger partial charge in [-0.1, -0.05) is 36.4 Å². The molecule has 6 nitrogen and oxygen atoms in total. The average Bonchev–Trinajstić information content (AvgIpc) is 3.28. The van der Waals surface area contributed by atoms with Crippen LogP contribution in [0.3, 0.4) is 0 Å². The van der Waals surface area contributed by atoms with Crippen LogP contribution in [-0.4, -0.2) is 52.3 Å². The molecule has 6 rings (SSSR count). The van der Waals surface area contributed by atoms with Crippen LogP contribution in [0.15, 0.2) is 42.5 Å². The second-order valence-electron chi connectivity index (χ2n) is 8.03. The lowest BCUT2D eigenvalue weighted by atomic mass is 10.1. The Morgan fingerprint density at radius 1 is 1.00 bits per heavy atom. The fourth-order valence-corrected chi connectivity index (χ4v) is 5.10. The van der Waals surface area contributed by atoms with Crippen molar-refractivity contribution in [2.45, 2.75) is 37.4 Å². The summed E-state index contributed by atoms with van der Waals surface area (Å²) in [7, 11) is 0. The largest absolute Gasteiger partial charge is 0.335 e. The van der Waals surface area contributed by atoms with Crippen LogP contribution in [0.1, 0.15) is 19.3 Å². The number of benzene rings is 2. The Hall–Kier alpha value is -2.89. The molecule has 136 valence electrons. The van der Waals surface area contributed by atoms with Crippen molar-refractivity contribution < 1.29 is 14.4 Å². The van der Waals surface area contributed by atoms with Crippen LogP contribution in [-0.2, 0) is 9.59 Å². The molecule has 4 fully saturated rings. The van der Waals surface area contributed by atoms with Crippen molar-refractivity contribution in [3.8, 4) is 0 Å². The van der Waals surface area contributed by atoms with Crippen molar-refractivity contribution >= 4 is 34.3 Å². The Kier molecular flexibility index (Phi) is 2.86. The minimum atomic E-state index is -0.530. The van der Waals surface area contributed by atoms with E-state index in [-0.39, 0.29) is 35.8 Å². The van der Waals surface area contributed by atoms with Gasteiger partial charge in [0.25, 0.3) is 5.91 Å². The number of urea groups is 1. The number of amides is 4. The molecular formula is C21H19N3O3. The number of carbonyl (C=O) groups is 3. The maximum atomic E-state index is 13.3. The van der Waals surface area contributed by atoms with Gasteiger partial charge >= 0.3 is 6.03 Å². The molecule has 2 unspecified atom stereocenters. The Morgan fingerprint density at radius 3 is 2.59 bits per heavy atom. The molecule has 3 aliphatic heterocycles. The van der Waals surface area contributed by atoms with Crippen LogP contribution in [0.5, 0.6) is 0 Å². The van der Waals surface area contributed by atoms with Gasteiger partial charge in [-0.25, -0.2) is 9.69 Å². The predicted molar refractivity (Wildman–Crippen MR) is 99.1 cm³/mol. The minimum Gasteiger partial charge on any atom is -0.335 e. The summed E-state index contributed by atoms with van der Waals surface area (Å²) >= 11 is 0. The topological polar surface area (TPSA) is 60.9 Å². The van der Waals surface area contributed by atoms with E-state index in [2.05, 4.69) is 0 Å². The lowest BCUT2D eigenvalue weighted by Crippen LogP contribution is -2.55. The molecule has 0 aromatic heterocycles. The SMILES string of the molecule is O=C1C2C3C[C@H](CN3C(=O)C3CC3)N2C(=O)N1c1cccc2ccccc12. The van der Waals surface area contributed by atoms with Gasteiger partial charge in [0, 0.05) is 17.8 Å². The van der Waals surface area contributed by atoms with Crippen LogP contribution in [0.25, 0.3) is 10.8 Å². The first-order chi connectivity index (χ1) is 13.1. The summed E-state index contributed by atoms with van der Waals surface area (Å²) in [5, 5.41) is 1.89. The summed E-state index contributed by atoms with van der Waals surface area (Å²) in [4.78, 5) is 44.0. The second-order valence-corrected chi connectivity index (χ2v) is 8.03. The molecule has 6 heteroatoms. The van der Waals surface area contributed by atoms with Gasteiger partial charge in [-0.15, -0.1) is 0 Å². The minimum absolute atomic E-state index is 0.0425. The van der Waals surface area contributed by atoms with Crippen LogP contribution in [0.4, 0.5) is 10.5 Å². The van der Waals surface area contributed by atoms with E-state index >= 15 is 0 Å². The Balaban J connectivity index is 1.40. The van der Waals surface area contributed by atoms with Gasteiger partial charge in [0.05, 0.1) is 17.8 Å². The van der Waals surface area contributed by atoms with E-state index in [1.807, 2.05) is 47.4 Å². The first kappa shape index (κ1) is 15.2. The third kappa shape index (κ3) is 1.93. The number of piperazine rings is 1. The first-order valence-electron chi connectivity index (χ1n) is 9.59. The monoisotopic (exact) mass is 361 g/mol. The van der Waals surface area contributed by atoms with Crippen LogP contribution in [0, 0.1) is 5.92 Å². The molecule has 1 aliphatic carbocycles. The Labute approximate surface area is 156 Å². The maximum absolute atomic E-state index is 13.3. The first-order valence-corrected chi connectivity index (χ1v) is 9.59. The van der Waals surface area contributed by atoms with Gasteiger partial charge in [0.1, 0.15) is 6.04 Å². The summed E-state index contributed by atoms with van der Waals surface area (Å²) in [5.41, 5.74) is 0.636. The van der Waals surface area contributed by atoms with Gasteiger partial charge in [0.2, 0.25) is 5.91 Å². The molecule has 1 saturated carbocycles. The molecule has 2 aromatic rings. The van der Waals surface area contributed by atoms with Gasteiger partial charge in [-0.2, -0.15) is 0 Å². The normalized spacial score (nSPS) is 29.2. The van der Waals surface area contributed by atoms with Crippen molar-refractivity contribution in [1.29, 1.82) is 0 Å². The van der Waals surface area contributed by atoms with Gasteiger partial charge in [-0.3, -0.25) is 9.59 Å². The number of fused-ring (bicyclic) bond motifs is 6. The molecule has 2 bridgehead atoms. The molecule has 3 heterocycles. The van der Waals surface area contributed by atoms with Crippen LogP contribution in [0.2, 0.25) is 0 Å². The predicted octanol–water partition coefficient (Wildman–Crippen LogP) is 2.37.